The van der Waals surface area contributed by atoms with E-state index in [2.05, 4.69) is 15.5 Å². The number of halogens is 2. The van der Waals surface area contributed by atoms with Gasteiger partial charge in [-0.2, -0.15) is 5.10 Å². The maximum atomic E-state index is 13.3. The lowest BCUT2D eigenvalue weighted by Gasteiger charge is -2.13. The Balaban J connectivity index is 1.85. The van der Waals surface area contributed by atoms with Gasteiger partial charge in [-0.1, -0.05) is 18.2 Å². The van der Waals surface area contributed by atoms with Crippen LogP contribution in [-0.2, 0) is 11.3 Å². The van der Waals surface area contributed by atoms with Gasteiger partial charge in [0.25, 0.3) is 5.56 Å². The van der Waals surface area contributed by atoms with Crippen molar-refractivity contribution in [2.24, 2.45) is 5.10 Å². The predicted molar refractivity (Wildman–Crippen MR) is 109 cm³/mol. The van der Waals surface area contributed by atoms with Gasteiger partial charge in [0.15, 0.2) is 11.6 Å². The Morgan fingerprint density at radius 2 is 2.00 bits per heavy atom. The fraction of sp³-hybridized carbons (Fsp3) is 0.286. The molecule has 0 aliphatic carbocycles. The number of aromatic nitrogens is 2. The van der Waals surface area contributed by atoms with E-state index in [1.165, 1.54) is 16.8 Å². The van der Waals surface area contributed by atoms with Gasteiger partial charge in [0.2, 0.25) is 5.95 Å². The number of nitrogens with zero attached hydrogens (tertiary/aromatic N) is 3. The average Bonchev–Trinajstić information content (AvgIpc) is 2.69. The van der Waals surface area contributed by atoms with Gasteiger partial charge in [-0.05, 0) is 50.1 Å². The number of benzene rings is 2. The zero-order valence-electron chi connectivity index (χ0n) is 16.2. The Labute approximate surface area is 166 Å². The maximum Gasteiger partial charge on any atom is 0.262 e. The summed E-state index contributed by atoms with van der Waals surface area (Å²) in [4.78, 5) is 17.4. The van der Waals surface area contributed by atoms with Crippen LogP contribution in [0.2, 0.25) is 0 Å². The van der Waals surface area contributed by atoms with Crippen LogP contribution in [0.15, 0.2) is 52.4 Å². The molecule has 0 amide bonds. The molecule has 0 radical (unpaired) electrons. The molecule has 8 heteroatoms. The number of para-hydroxylation sites is 1. The summed E-state index contributed by atoms with van der Waals surface area (Å²) in [6.45, 7) is 4.80. The number of rotatable bonds is 8. The number of hydrazone groups is 1. The molecule has 1 N–H and O–H groups in total. The first-order valence-electron chi connectivity index (χ1n) is 9.31. The van der Waals surface area contributed by atoms with Gasteiger partial charge in [-0.25, -0.2) is 19.2 Å². The van der Waals surface area contributed by atoms with E-state index in [4.69, 9.17) is 4.74 Å². The largest absolute Gasteiger partial charge is 0.379 e. The highest BCUT2D eigenvalue weighted by atomic mass is 19.2. The van der Waals surface area contributed by atoms with Gasteiger partial charge in [0, 0.05) is 13.2 Å². The molecule has 0 fully saturated rings. The topological polar surface area (TPSA) is 68.5 Å². The summed E-state index contributed by atoms with van der Waals surface area (Å²) in [5, 5.41) is 4.54. The van der Waals surface area contributed by atoms with E-state index in [1.807, 2.05) is 13.8 Å². The molecule has 0 unspecified atom stereocenters. The van der Waals surface area contributed by atoms with Crippen molar-refractivity contribution in [1.82, 2.24) is 9.55 Å². The molecule has 3 aromatic rings. The lowest BCUT2D eigenvalue weighted by molar-refractivity contribution is 0.0748. The first-order chi connectivity index (χ1) is 14.0. The second-order valence-electron chi connectivity index (χ2n) is 6.73. The van der Waals surface area contributed by atoms with Crippen molar-refractivity contribution in [3.05, 3.63) is 70.0 Å². The molecule has 1 heterocycles. The summed E-state index contributed by atoms with van der Waals surface area (Å²) in [6, 6.07) is 10.5. The Bertz CT molecular complexity index is 1080. The number of anilines is 1. The molecule has 0 spiro atoms. The second-order valence-corrected chi connectivity index (χ2v) is 6.73. The van der Waals surface area contributed by atoms with Crippen molar-refractivity contribution in [2.75, 3.05) is 12.0 Å². The SMILES string of the molecule is CC(C)OCCCn1c(N/N=C\c2ccc(F)c(F)c2)nc2ccccc2c1=O. The van der Waals surface area contributed by atoms with Crippen LogP contribution in [0.25, 0.3) is 10.9 Å². The van der Waals surface area contributed by atoms with E-state index in [-0.39, 0.29) is 17.6 Å². The highest BCUT2D eigenvalue weighted by molar-refractivity contribution is 5.81. The van der Waals surface area contributed by atoms with E-state index in [0.717, 1.165) is 12.1 Å². The van der Waals surface area contributed by atoms with Gasteiger partial charge >= 0.3 is 0 Å². The molecule has 0 aliphatic rings. The van der Waals surface area contributed by atoms with Crippen LogP contribution in [-0.4, -0.2) is 28.5 Å². The number of ether oxygens (including phenoxy) is 1. The summed E-state index contributed by atoms with van der Waals surface area (Å²) in [7, 11) is 0. The lowest BCUT2D eigenvalue weighted by Crippen LogP contribution is -2.25. The van der Waals surface area contributed by atoms with E-state index in [1.54, 1.807) is 24.3 Å². The van der Waals surface area contributed by atoms with E-state index in [0.29, 0.717) is 36.0 Å². The first-order valence-corrected chi connectivity index (χ1v) is 9.31. The van der Waals surface area contributed by atoms with Gasteiger partial charge < -0.3 is 4.74 Å². The van der Waals surface area contributed by atoms with Crippen LogP contribution in [0.4, 0.5) is 14.7 Å². The third kappa shape index (κ3) is 5.23. The quantitative estimate of drug-likeness (QED) is 0.353. The minimum absolute atomic E-state index is 0.111. The van der Waals surface area contributed by atoms with Crippen molar-refractivity contribution in [1.29, 1.82) is 0 Å². The summed E-state index contributed by atoms with van der Waals surface area (Å²) in [5.74, 6) is -1.62. The second kappa shape index (κ2) is 9.38. The number of hydrogen-bond donors (Lipinski definition) is 1. The smallest absolute Gasteiger partial charge is 0.262 e. The molecule has 6 nitrogen and oxygen atoms in total. The van der Waals surface area contributed by atoms with Crippen molar-refractivity contribution in [3.63, 3.8) is 0 Å². The molecule has 2 aromatic carbocycles. The molecule has 0 saturated heterocycles. The lowest BCUT2D eigenvalue weighted by atomic mass is 10.2. The Morgan fingerprint density at radius 3 is 2.76 bits per heavy atom. The summed E-state index contributed by atoms with van der Waals surface area (Å²) in [6.07, 6.45) is 2.07. The Morgan fingerprint density at radius 1 is 1.21 bits per heavy atom. The molecule has 0 atom stereocenters. The summed E-state index contributed by atoms with van der Waals surface area (Å²) in [5.41, 5.74) is 3.46. The molecule has 0 bridgehead atoms. The predicted octanol–water partition coefficient (Wildman–Crippen LogP) is 3.94. The summed E-state index contributed by atoms with van der Waals surface area (Å²) < 4.78 is 33.4. The monoisotopic (exact) mass is 400 g/mol. The number of nitrogens with one attached hydrogen (secondary N) is 1. The molecular weight excluding hydrogens is 378 g/mol. The molecular formula is C21H22F2N4O2. The van der Waals surface area contributed by atoms with Gasteiger partial charge in [-0.15, -0.1) is 0 Å². The molecule has 0 aliphatic heterocycles. The van der Waals surface area contributed by atoms with E-state index in [9.17, 15) is 13.6 Å². The van der Waals surface area contributed by atoms with Crippen molar-refractivity contribution < 1.29 is 13.5 Å². The van der Waals surface area contributed by atoms with E-state index < -0.39 is 11.6 Å². The molecule has 3 rings (SSSR count). The minimum Gasteiger partial charge on any atom is -0.379 e. The van der Waals surface area contributed by atoms with Crippen LogP contribution in [0.5, 0.6) is 0 Å². The fourth-order valence-corrected chi connectivity index (χ4v) is 2.76. The molecule has 29 heavy (non-hydrogen) atoms. The fourth-order valence-electron chi connectivity index (χ4n) is 2.76. The van der Waals surface area contributed by atoms with Crippen molar-refractivity contribution in [2.45, 2.75) is 32.9 Å². The van der Waals surface area contributed by atoms with Gasteiger partial charge in [0.05, 0.1) is 23.2 Å². The van der Waals surface area contributed by atoms with E-state index >= 15 is 0 Å². The third-order valence-electron chi connectivity index (χ3n) is 4.16. The first kappa shape index (κ1) is 20.6. The normalized spacial score (nSPS) is 11.6. The highest BCUT2D eigenvalue weighted by Gasteiger charge is 2.10. The van der Waals surface area contributed by atoms with Crippen molar-refractivity contribution in [3.8, 4) is 0 Å². The van der Waals surface area contributed by atoms with Crippen molar-refractivity contribution >= 4 is 23.1 Å². The van der Waals surface area contributed by atoms with Crippen LogP contribution >= 0.6 is 0 Å². The zero-order valence-corrected chi connectivity index (χ0v) is 16.2. The van der Waals surface area contributed by atoms with Crippen LogP contribution in [0, 0.1) is 11.6 Å². The van der Waals surface area contributed by atoms with Gasteiger partial charge in [-0.3, -0.25) is 9.36 Å². The maximum absolute atomic E-state index is 13.3. The number of fused-ring (bicyclic) bond motifs is 1. The third-order valence-corrected chi connectivity index (χ3v) is 4.16. The number of hydrogen-bond acceptors (Lipinski definition) is 5. The van der Waals surface area contributed by atoms with Crippen LogP contribution in [0.1, 0.15) is 25.8 Å². The Hall–Kier alpha value is -3.13. The highest BCUT2D eigenvalue weighted by Crippen LogP contribution is 2.12. The molecule has 0 saturated carbocycles. The van der Waals surface area contributed by atoms with Crippen LogP contribution < -0.4 is 11.0 Å². The standard InChI is InChI=1S/C21H22F2N4O2/c1-14(2)29-11-5-10-27-20(28)16-6-3-4-7-19(16)25-21(27)26-24-13-15-8-9-17(22)18(23)12-15/h3-4,6-9,12-14H,5,10-11H2,1-2H3,(H,25,26)/b24-13-. The average molecular weight is 400 g/mol. The summed E-state index contributed by atoms with van der Waals surface area (Å²) >= 11 is 0. The Kier molecular flexibility index (Phi) is 6.66. The molecule has 152 valence electrons. The minimum atomic E-state index is -0.958. The zero-order chi connectivity index (χ0) is 20.8. The van der Waals surface area contributed by atoms with Gasteiger partial charge in [0.1, 0.15) is 0 Å². The molecule has 1 aromatic heterocycles. The van der Waals surface area contributed by atoms with Crippen LogP contribution in [0.3, 0.4) is 0 Å².